The highest BCUT2D eigenvalue weighted by molar-refractivity contribution is 5.84. The van der Waals surface area contributed by atoms with E-state index < -0.39 is 66.7 Å². The van der Waals surface area contributed by atoms with Crippen LogP contribution in [-0.4, -0.2) is 60.3 Å². The van der Waals surface area contributed by atoms with Crippen LogP contribution in [0.5, 0.6) is 0 Å². The van der Waals surface area contributed by atoms with Crippen molar-refractivity contribution in [1.82, 2.24) is 5.32 Å². The first-order chi connectivity index (χ1) is 14.5. The quantitative estimate of drug-likeness (QED) is 0.371. The van der Waals surface area contributed by atoms with E-state index in [4.69, 9.17) is 0 Å². The van der Waals surface area contributed by atoms with Gasteiger partial charge in [-0.25, -0.2) is 0 Å². The number of halogens is 17. The number of rotatable bonds is 9. The average molecular weight is 551 g/mol. The molecule has 0 aliphatic heterocycles. The van der Waals surface area contributed by atoms with Crippen molar-refractivity contribution in [2.75, 3.05) is 0 Å². The maximum absolute atomic E-state index is 14.1. The van der Waals surface area contributed by atoms with E-state index in [0.29, 0.717) is 0 Å². The minimum atomic E-state index is -8.02. The molecule has 0 aromatic rings. The minimum Gasteiger partial charge on any atom is -0.348 e. The first kappa shape index (κ1) is 32.2. The molecule has 0 heterocycles. The number of hydrogen-bond acceptors (Lipinski definition) is 3. The molecular weight excluding hydrogens is 541 g/mol. The van der Waals surface area contributed by atoms with Crippen molar-refractivity contribution in [3.05, 3.63) is 0 Å². The number of ether oxygens (including phenoxy) is 2. The lowest BCUT2D eigenvalue weighted by atomic mass is 10.2. The zero-order chi connectivity index (χ0) is 28.0. The summed E-state index contributed by atoms with van der Waals surface area (Å²) in [6.07, 6.45) is -38.8. The van der Waals surface area contributed by atoms with Gasteiger partial charge in [-0.05, 0) is 13.3 Å². The molecule has 0 aromatic carbocycles. The van der Waals surface area contributed by atoms with Crippen LogP contribution in [0.3, 0.4) is 0 Å². The van der Waals surface area contributed by atoms with Crippen LogP contribution < -0.4 is 5.32 Å². The normalized spacial score (nSPS) is 19.3. The third-order valence-corrected chi connectivity index (χ3v) is 3.64. The number of amides is 1. The number of hydrogen-bond donors (Lipinski definition) is 1. The molecule has 0 spiro atoms. The molecule has 3 atom stereocenters. The number of nitrogens with one attached hydrogen (secondary N) is 1. The molecule has 0 aliphatic carbocycles. The molecule has 21 heteroatoms. The van der Waals surface area contributed by atoms with Crippen LogP contribution in [0.25, 0.3) is 0 Å². The van der Waals surface area contributed by atoms with Crippen LogP contribution in [0.15, 0.2) is 0 Å². The van der Waals surface area contributed by atoms with Gasteiger partial charge in [0.25, 0.3) is 5.91 Å². The van der Waals surface area contributed by atoms with Gasteiger partial charge < -0.3 is 5.32 Å². The van der Waals surface area contributed by atoms with Gasteiger partial charge in [0.05, 0.1) is 0 Å². The van der Waals surface area contributed by atoms with Gasteiger partial charge in [0.1, 0.15) is 0 Å². The molecule has 0 unspecified atom stereocenters. The summed E-state index contributed by atoms with van der Waals surface area (Å²) in [7, 11) is 0. The molecule has 1 amide bonds. The molecule has 0 aromatic heterocycles. The van der Waals surface area contributed by atoms with E-state index in [9.17, 15) is 79.4 Å². The maximum atomic E-state index is 14.1. The number of carbonyl (C=O) groups excluding carboxylic acids is 1. The van der Waals surface area contributed by atoms with Crippen molar-refractivity contribution in [3.63, 3.8) is 0 Å². The summed E-state index contributed by atoms with van der Waals surface area (Å²) in [6, 6.07) is -1.56. The SMILES string of the molecule is CC[C@@H](C)NC(=O)[C@@](F)(OC(F)(F)[C@](F)(OC(F)(F)C(F)(F)C(F)(F)F)C(F)(F)F)C(F)(F)F. The third kappa shape index (κ3) is 5.70. The lowest BCUT2D eigenvalue weighted by molar-refractivity contribution is -0.548. The highest BCUT2D eigenvalue weighted by Gasteiger charge is 2.85. The van der Waals surface area contributed by atoms with Crippen molar-refractivity contribution >= 4 is 5.91 Å². The molecule has 0 bridgehead atoms. The summed E-state index contributed by atoms with van der Waals surface area (Å²) in [5.74, 6) is -26.0. The van der Waals surface area contributed by atoms with Gasteiger partial charge >= 0.3 is 48.4 Å². The maximum Gasteiger partial charge on any atom is 0.462 e. The van der Waals surface area contributed by atoms with E-state index in [1.54, 1.807) is 0 Å². The molecule has 0 saturated carbocycles. The van der Waals surface area contributed by atoms with E-state index in [-0.39, 0.29) is 0 Å². The van der Waals surface area contributed by atoms with Gasteiger partial charge in [-0.2, -0.15) is 74.6 Å². The Bertz CT molecular complexity index is 730. The van der Waals surface area contributed by atoms with E-state index in [2.05, 4.69) is 0 Å². The molecule has 0 radical (unpaired) electrons. The Kier molecular flexibility index (Phi) is 8.53. The van der Waals surface area contributed by atoms with E-state index >= 15 is 0 Å². The molecule has 4 nitrogen and oxygen atoms in total. The third-order valence-electron chi connectivity index (χ3n) is 3.64. The Balaban J connectivity index is 6.73. The van der Waals surface area contributed by atoms with Gasteiger partial charge in [-0.15, -0.1) is 0 Å². The van der Waals surface area contributed by atoms with Crippen LogP contribution in [-0.2, 0) is 14.3 Å². The Hall–Kier alpha value is -1.80. The zero-order valence-electron chi connectivity index (χ0n) is 15.9. The fourth-order valence-corrected chi connectivity index (χ4v) is 1.58. The first-order valence-corrected chi connectivity index (χ1v) is 7.96. The molecule has 0 saturated heterocycles. The van der Waals surface area contributed by atoms with Crippen molar-refractivity contribution in [2.24, 2.45) is 0 Å². The summed E-state index contributed by atoms with van der Waals surface area (Å²) < 4.78 is 223. The second-order valence-corrected chi connectivity index (χ2v) is 6.28. The molecule has 0 rings (SSSR count). The van der Waals surface area contributed by atoms with Crippen LogP contribution in [0.1, 0.15) is 20.3 Å². The Labute approximate surface area is 176 Å². The van der Waals surface area contributed by atoms with Crippen LogP contribution >= 0.6 is 0 Å². The summed E-state index contributed by atoms with van der Waals surface area (Å²) in [5, 5.41) is 0.928. The van der Waals surface area contributed by atoms with Gasteiger partial charge in [-0.1, -0.05) is 6.92 Å². The molecular formula is C13H10F17NO3. The Morgan fingerprint density at radius 3 is 1.38 bits per heavy atom. The van der Waals surface area contributed by atoms with E-state index in [1.807, 2.05) is 4.74 Å². The van der Waals surface area contributed by atoms with Crippen molar-refractivity contribution in [2.45, 2.75) is 74.7 Å². The molecule has 0 aliphatic rings. The second-order valence-electron chi connectivity index (χ2n) is 6.28. The topological polar surface area (TPSA) is 47.6 Å². The van der Waals surface area contributed by atoms with Gasteiger partial charge in [0, 0.05) is 6.04 Å². The predicted octanol–water partition coefficient (Wildman–Crippen LogP) is 5.77. The predicted molar refractivity (Wildman–Crippen MR) is 70.7 cm³/mol. The fraction of sp³-hybridized carbons (Fsp3) is 0.923. The zero-order valence-corrected chi connectivity index (χ0v) is 15.9. The lowest BCUT2D eigenvalue weighted by Crippen LogP contribution is -2.69. The van der Waals surface area contributed by atoms with Gasteiger partial charge in [0.2, 0.25) is 0 Å². The smallest absolute Gasteiger partial charge is 0.348 e. The lowest BCUT2D eigenvalue weighted by Gasteiger charge is -2.40. The number of alkyl halides is 17. The van der Waals surface area contributed by atoms with Crippen LogP contribution in [0.4, 0.5) is 74.6 Å². The molecule has 34 heavy (non-hydrogen) atoms. The van der Waals surface area contributed by atoms with Crippen LogP contribution in [0.2, 0.25) is 0 Å². The molecule has 0 fully saturated rings. The summed E-state index contributed by atoms with van der Waals surface area (Å²) in [5.41, 5.74) is 0. The average Bonchev–Trinajstić information content (AvgIpc) is 2.57. The van der Waals surface area contributed by atoms with Crippen LogP contribution in [0, 0.1) is 0 Å². The standard InChI is InChI=1S/C13H10F17NO3/c1-3-4(2)31-5(32)6(14,9(18,19)20)33-13(29,30)8(17,11(24,25)26)34-12(27,28)7(15,16)10(21,22)23/h4H,3H2,1-2H3,(H,31,32)/t4-,6-,8-/m1/s1. The molecule has 1 N–H and O–H groups in total. The largest absolute Gasteiger partial charge is 0.462 e. The summed E-state index contributed by atoms with van der Waals surface area (Å²) in [4.78, 5) is 11.4. The first-order valence-electron chi connectivity index (χ1n) is 7.96. The summed E-state index contributed by atoms with van der Waals surface area (Å²) >= 11 is 0. The van der Waals surface area contributed by atoms with Gasteiger partial charge in [-0.3, -0.25) is 14.3 Å². The van der Waals surface area contributed by atoms with Crippen molar-refractivity contribution in [3.8, 4) is 0 Å². The Morgan fingerprint density at radius 1 is 0.676 bits per heavy atom. The highest BCUT2D eigenvalue weighted by atomic mass is 19.4. The number of carbonyl (C=O) groups is 1. The second kappa shape index (κ2) is 9.01. The summed E-state index contributed by atoms with van der Waals surface area (Å²) in [6.45, 7) is 1.84. The van der Waals surface area contributed by atoms with E-state index in [1.165, 1.54) is 4.74 Å². The Morgan fingerprint density at radius 2 is 1.09 bits per heavy atom. The van der Waals surface area contributed by atoms with Crippen molar-refractivity contribution < 1.29 is 88.9 Å². The van der Waals surface area contributed by atoms with Gasteiger partial charge in [0.15, 0.2) is 0 Å². The van der Waals surface area contributed by atoms with E-state index in [0.717, 1.165) is 19.2 Å². The fourth-order valence-electron chi connectivity index (χ4n) is 1.58. The monoisotopic (exact) mass is 551 g/mol. The highest BCUT2D eigenvalue weighted by Crippen LogP contribution is 2.56. The minimum absolute atomic E-state index is 0.395. The molecule has 204 valence electrons. The van der Waals surface area contributed by atoms with Crippen molar-refractivity contribution in [1.29, 1.82) is 0 Å².